The Morgan fingerprint density at radius 2 is 2.20 bits per heavy atom. The quantitative estimate of drug-likeness (QED) is 0.742. The van der Waals surface area contributed by atoms with E-state index in [9.17, 15) is 5.11 Å². The zero-order valence-electron chi connectivity index (χ0n) is 8.93. The summed E-state index contributed by atoms with van der Waals surface area (Å²) in [6.45, 7) is 0.391. The topological polar surface area (TPSA) is 77.6 Å². The molecule has 15 heavy (non-hydrogen) atoms. The molecule has 0 aromatic carbocycles. The summed E-state index contributed by atoms with van der Waals surface area (Å²) >= 11 is 0. The summed E-state index contributed by atoms with van der Waals surface area (Å²) in [5.41, 5.74) is 5.94. The van der Waals surface area contributed by atoms with Gasteiger partial charge in [-0.2, -0.15) is 0 Å². The number of pyridine rings is 1. The molecule has 3 N–H and O–H groups in total. The van der Waals surface area contributed by atoms with Crippen molar-refractivity contribution in [2.75, 3.05) is 20.8 Å². The molecule has 5 nitrogen and oxygen atoms in total. The molecule has 0 aliphatic carbocycles. The van der Waals surface area contributed by atoms with E-state index in [4.69, 9.17) is 15.2 Å². The monoisotopic (exact) mass is 212 g/mol. The predicted molar refractivity (Wildman–Crippen MR) is 56.0 cm³/mol. The number of rotatable bonds is 5. The fraction of sp³-hybridized carbons (Fsp3) is 0.500. The number of hydrogen-bond donors (Lipinski definition) is 2. The Labute approximate surface area is 88.8 Å². The van der Waals surface area contributed by atoms with E-state index in [2.05, 4.69) is 4.98 Å². The van der Waals surface area contributed by atoms with Crippen molar-refractivity contribution in [1.29, 1.82) is 0 Å². The number of methoxy groups -OCH3 is 2. The highest BCUT2D eigenvalue weighted by Crippen LogP contribution is 2.33. The molecule has 0 fully saturated rings. The van der Waals surface area contributed by atoms with E-state index in [-0.39, 0.29) is 0 Å². The molecule has 5 heteroatoms. The van der Waals surface area contributed by atoms with Crippen LogP contribution in [0, 0.1) is 0 Å². The van der Waals surface area contributed by atoms with Crippen LogP contribution >= 0.6 is 0 Å². The number of ether oxygens (including phenoxy) is 2. The van der Waals surface area contributed by atoms with E-state index in [1.54, 1.807) is 12.3 Å². The first-order valence-electron chi connectivity index (χ1n) is 4.69. The van der Waals surface area contributed by atoms with E-state index >= 15 is 0 Å². The Kier molecular flexibility index (Phi) is 4.33. The zero-order valence-corrected chi connectivity index (χ0v) is 8.93. The Balaban J connectivity index is 3.09. The summed E-state index contributed by atoms with van der Waals surface area (Å²) in [5, 5.41) is 9.86. The smallest absolute Gasteiger partial charge is 0.222 e. The lowest BCUT2D eigenvalue weighted by molar-refractivity contribution is 0.160. The van der Waals surface area contributed by atoms with Crippen LogP contribution in [0.3, 0.4) is 0 Å². The van der Waals surface area contributed by atoms with E-state index in [0.29, 0.717) is 30.2 Å². The van der Waals surface area contributed by atoms with Crippen molar-refractivity contribution in [3.63, 3.8) is 0 Å². The summed E-state index contributed by atoms with van der Waals surface area (Å²) in [6.07, 6.45) is 1.29. The lowest BCUT2D eigenvalue weighted by atomic mass is 10.1. The van der Waals surface area contributed by atoms with Gasteiger partial charge in [-0.15, -0.1) is 0 Å². The van der Waals surface area contributed by atoms with Crippen LogP contribution in [0.25, 0.3) is 0 Å². The molecule has 1 rings (SSSR count). The van der Waals surface area contributed by atoms with Gasteiger partial charge in [-0.1, -0.05) is 0 Å². The standard InChI is InChI=1S/C10H16N2O3/c1-14-8-4-6-12-10(15-2)9(8)7(13)3-5-11/h4,6-7,13H,3,5,11H2,1-2H3/t7-/m0/s1. The van der Waals surface area contributed by atoms with Crippen LogP contribution in [0.1, 0.15) is 18.1 Å². The minimum Gasteiger partial charge on any atom is -0.496 e. The van der Waals surface area contributed by atoms with Crippen LogP contribution in [0.5, 0.6) is 11.6 Å². The predicted octanol–water partition coefficient (Wildman–Crippen LogP) is 0.481. The second kappa shape index (κ2) is 5.53. The molecule has 1 aromatic rings. The fourth-order valence-corrected chi connectivity index (χ4v) is 1.39. The van der Waals surface area contributed by atoms with Gasteiger partial charge in [0.1, 0.15) is 5.75 Å². The van der Waals surface area contributed by atoms with Crippen molar-refractivity contribution < 1.29 is 14.6 Å². The van der Waals surface area contributed by atoms with E-state index in [0.717, 1.165) is 0 Å². The molecule has 1 heterocycles. The van der Waals surface area contributed by atoms with Gasteiger partial charge in [0.2, 0.25) is 5.88 Å². The van der Waals surface area contributed by atoms with Gasteiger partial charge >= 0.3 is 0 Å². The Hall–Kier alpha value is -1.33. The molecule has 0 aliphatic heterocycles. The minimum atomic E-state index is -0.714. The second-order valence-corrected chi connectivity index (χ2v) is 3.03. The highest BCUT2D eigenvalue weighted by molar-refractivity contribution is 5.41. The molecule has 0 amide bonds. The zero-order chi connectivity index (χ0) is 11.3. The van der Waals surface area contributed by atoms with Crippen LogP contribution in [-0.4, -0.2) is 30.9 Å². The molecule has 84 valence electrons. The number of hydrogen-bond acceptors (Lipinski definition) is 5. The van der Waals surface area contributed by atoms with Gasteiger partial charge in [-0.25, -0.2) is 4.98 Å². The van der Waals surface area contributed by atoms with Gasteiger partial charge < -0.3 is 20.3 Å². The highest BCUT2D eigenvalue weighted by atomic mass is 16.5. The van der Waals surface area contributed by atoms with Crippen LogP contribution < -0.4 is 15.2 Å². The molecule has 0 spiro atoms. The van der Waals surface area contributed by atoms with Gasteiger partial charge in [0.25, 0.3) is 0 Å². The Morgan fingerprint density at radius 3 is 2.73 bits per heavy atom. The number of nitrogens with two attached hydrogens (primary N) is 1. The third-order valence-corrected chi connectivity index (χ3v) is 2.10. The van der Waals surface area contributed by atoms with Gasteiger partial charge in [0.05, 0.1) is 25.9 Å². The number of aliphatic hydroxyl groups excluding tert-OH is 1. The van der Waals surface area contributed by atoms with E-state index < -0.39 is 6.10 Å². The second-order valence-electron chi connectivity index (χ2n) is 3.03. The first kappa shape index (κ1) is 11.7. The lowest BCUT2D eigenvalue weighted by Gasteiger charge is -2.16. The first-order chi connectivity index (χ1) is 7.24. The van der Waals surface area contributed by atoms with Crippen LogP contribution in [0.2, 0.25) is 0 Å². The molecule has 0 aliphatic rings. The maximum atomic E-state index is 9.86. The minimum absolute atomic E-state index is 0.371. The van der Waals surface area contributed by atoms with Crippen LogP contribution in [0.15, 0.2) is 12.3 Å². The maximum Gasteiger partial charge on any atom is 0.222 e. The molecule has 0 radical (unpaired) electrons. The van der Waals surface area contributed by atoms with Gasteiger partial charge in [0, 0.05) is 6.20 Å². The molecule has 1 aromatic heterocycles. The molecule has 0 saturated heterocycles. The molecule has 1 atom stereocenters. The third kappa shape index (κ3) is 2.57. The van der Waals surface area contributed by atoms with Gasteiger partial charge in [0.15, 0.2) is 0 Å². The molecule has 0 bridgehead atoms. The summed E-state index contributed by atoms with van der Waals surface area (Å²) in [7, 11) is 3.04. The average Bonchev–Trinajstić information content (AvgIpc) is 2.28. The molecule has 0 unspecified atom stereocenters. The number of aliphatic hydroxyl groups is 1. The normalized spacial score (nSPS) is 12.3. The van der Waals surface area contributed by atoms with E-state index in [1.165, 1.54) is 14.2 Å². The van der Waals surface area contributed by atoms with Crippen molar-refractivity contribution in [2.24, 2.45) is 5.73 Å². The fourth-order valence-electron chi connectivity index (χ4n) is 1.39. The van der Waals surface area contributed by atoms with Gasteiger partial charge in [-0.05, 0) is 19.0 Å². The van der Waals surface area contributed by atoms with Crippen molar-refractivity contribution in [3.05, 3.63) is 17.8 Å². The Morgan fingerprint density at radius 1 is 1.47 bits per heavy atom. The highest BCUT2D eigenvalue weighted by Gasteiger charge is 2.18. The van der Waals surface area contributed by atoms with E-state index in [1.807, 2.05) is 0 Å². The largest absolute Gasteiger partial charge is 0.496 e. The summed E-state index contributed by atoms with van der Waals surface area (Å²) in [4.78, 5) is 4.01. The summed E-state index contributed by atoms with van der Waals surface area (Å²) in [6, 6.07) is 1.68. The van der Waals surface area contributed by atoms with Crippen molar-refractivity contribution in [2.45, 2.75) is 12.5 Å². The van der Waals surface area contributed by atoms with Gasteiger partial charge in [-0.3, -0.25) is 0 Å². The average molecular weight is 212 g/mol. The van der Waals surface area contributed by atoms with Crippen molar-refractivity contribution >= 4 is 0 Å². The Bertz CT molecular complexity index is 295. The molecular formula is C10H16N2O3. The van der Waals surface area contributed by atoms with Crippen molar-refractivity contribution in [3.8, 4) is 11.6 Å². The summed E-state index contributed by atoms with van der Waals surface area (Å²) < 4.78 is 10.2. The van der Waals surface area contributed by atoms with Crippen LogP contribution in [-0.2, 0) is 0 Å². The number of nitrogens with zero attached hydrogens (tertiary/aromatic N) is 1. The molecular weight excluding hydrogens is 196 g/mol. The third-order valence-electron chi connectivity index (χ3n) is 2.10. The maximum absolute atomic E-state index is 9.86. The first-order valence-corrected chi connectivity index (χ1v) is 4.69. The molecule has 0 saturated carbocycles. The van der Waals surface area contributed by atoms with Crippen molar-refractivity contribution in [1.82, 2.24) is 4.98 Å². The lowest BCUT2D eigenvalue weighted by Crippen LogP contribution is -2.10. The number of aromatic nitrogens is 1. The van der Waals surface area contributed by atoms with Crippen LogP contribution in [0.4, 0.5) is 0 Å². The summed E-state index contributed by atoms with van der Waals surface area (Å²) in [5.74, 6) is 0.929. The SMILES string of the molecule is COc1ccnc(OC)c1[C@@H](O)CCN.